The van der Waals surface area contributed by atoms with E-state index in [4.69, 9.17) is 11.6 Å². The number of nitrogens with zero attached hydrogens (tertiary/aromatic N) is 1. The first-order valence-electron chi connectivity index (χ1n) is 6.47. The number of aromatic nitrogens is 1. The Labute approximate surface area is 126 Å². The number of rotatable bonds is 4. The first-order valence-corrected chi connectivity index (χ1v) is 7.67. The topological polar surface area (TPSA) is 33.1 Å². The zero-order chi connectivity index (χ0) is 13.9. The highest BCUT2D eigenvalue weighted by Crippen LogP contribution is 2.30. The highest BCUT2D eigenvalue weighted by Gasteiger charge is 2.16. The van der Waals surface area contributed by atoms with Gasteiger partial charge in [-0.2, -0.15) is 0 Å². The molecule has 3 rings (SSSR count). The molecule has 0 bridgehead atoms. The van der Waals surface area contributed by atoms with Crippen molar-refractivity contribution in [2.45, 2.75) is 12.3 Å². The van der Waals surface area contributed by atoms with Gasteiger partial charge in [0.1, 0.15) is 0 Å². The normalized spacial score (nSPS) is 12.7. The highest BCUT2D eigenvalue weighted by atomic mass is 35.5. The molecule has 1 atom stereocenters. The van der Waals surface area contributed by atoms with Gasteiger partial charge in [-0.15, -0.1) is 11.3 Å². The van der Waals surface area contributed by atoms with E-state index in [2.05, 4.69) is 11.1 Å². The van der Waals surface area contributed by atoms with Gasteiger partial charge in [-0.25, -0.2) is 4.98 Å². The molecule has 1 heterocycles. The number of aliphatic hydroxyl groups excluding tert-OH is 1. The van der Waals surface area contributed by atoms with Gasteiger partial charge in [0.2, 0.25) is 0 Å². The SMILES string of the molecule is OCC(Cc1nc2ccccc2s1)c1ccccc1Cl. The van der Waals surface area contributed by atoms with Crippen LogP contribution in [0.2, 0.25) is 5.02 Å². The molecular formula is C16H14ClNOS. The zero-order valence-corrected chi connectivity index (χ0v) is 12.4. The smallest absolute Gasteiger partial charge is 0.0945 e. The maximum absolute atomic E-state index is 9.66. The Morgan fingerprint density at radius 1 is 1.10 bits per heavy atom. The fourth-order valence-corrected chi connectivity index (χ4v) is 3.63. The molecule has 2 aromatic carbocycles. The summed E-state index contributed by atoms with van der Waals surface area (Å²) in [6.07, 6.45) is 0.708. The monoisotopic (exact) mass is 303 g/mol. The van der Waals surface area contributed by atoms with Gasteiger partial charge in [-0.1, -0.05) is 41.9 Å². The van der Waals surface area contributed by atoms with Gasteiger partial charge in [-0.05, 0) is 23.8 Å². The highest BCUT2D eigenvalue weighted by molar-refractivity contribution is 7.18. The first-order chi connectivity index (χ1) is 9.78. The second-order valence-electron chi connectivity index (χ2n) is 4.68. The number of para-hydroxylation sites is 1. The minimum atomic E-state index is -0.00994. The molecule has 0 spiro atoms. The van der Waals surface area contributed by atoms with Crippen LogP contribution in [0, 0.1) is 0 Å². The fourth-order valence-electron chi connectivity index (χ4n) is 2.30. The summed E-state index contributed by atoms with van der Waals surface area (Å²) in [5.41, 5.74) is 2.00. The molecule has 4 heteroatoms. The summed E-state index contributed by atoms with van der Waals surface area (Å²) >= 11 is 7.89. The maximum atomic E-state index is 9.66. The third kappa shape index (κ3) is 2.70. The molecule has 0 radical (unpaired) electrons. The molecule has 1 aromatic heterocycles. The van der Waals surface area contributed by atoms with Crippen LogP contribution in [0.15, 0.2) is 48.5 Å². The lowest BCUT2D eigenvalue weighted by atomic mass is 9.97. The lowest BCUT2D eigenvalue weighted by Crippen LogP contribution is -2.08. The zero-order valence-electron chi connectivity index (χ0n) is 10.8. The fraction of sp³-hybridized carbons (Fsp3) is 0.188. The summed E-state index contributed by atoms with van der Waals surface area (Å²) in [4.78, 5) is 4.62. The Hall–Kier alpha value is -1.42. The molecule has 1 unspecified atom stereocenters. The first kappa shape index (κ1) is 13.6. The molecule has 0 aliphatic heterocycles. The third-order valence-electron chi connectivity index (χ3n) is 3.32. The summed E-state index contributed by atoms with van der Waals surface area (Å²) in [6.45, 7) is 0.0691. The largest absolute Gasteiger partial charge is 0.396 e. The Morgan fingerprint density at radius 2 is 1.85 bits per heavy atom. The van der Waals surface area contributed by atoms with Gasteiger partial charge in [0.25, 0.3) is 0 Å². The van der Waals surface area contributed by atoms with Crippen LogP contribution in [0.1, 0.15) is 16.5 Å². The van der Waals surface area contributed by atoms with Gasteiger partial charge in [-0.3, -0.25) is 0 Å². The van der Waals surface area contributed by atoms with Crippen molar-refractivity contribution < 1.29 is 5.11 Å². The Bertz CT molecular complexity index is 692. The summed E-state index contributed by atoms with van der Waals surface area (Å²) in [5, 5.41) is 11.4. The second kappa shape index (κ2) is 5.92. The Kier molecular flexibility index (Phi) is 4.01. The molecule has 1 N–H and O–H groups in total. The Morgan fingerprint density at radius 3 is 2.60 bits per heavy atom. The second-order valence-corrected chi connectivity index (χ2v) is 6.20. The number of halogens is 1. The van der Waals surface area contributed by atoms with Gasteiger partial charge in [0.05, 0.1) is 21.8 Å². The van der Waals surface area contributed by atoms with Gasteiger partial charge in [0.15, 0.2) is 0 Å². The third-order valence-corrected chi connectivity index (χ3v) is 4.73. The number of hydrogen-bond acceptors (Lipinski definition) is 3. The van der Waals surface area contributed by atoms with Crippen LogP contribution in [0.25, 0.3) is 10.2 Å². The summed E-state index contributed by atoms with van der Waals surface area (Å²) in [5.74, 6) is -0.00994. The van der Waals surface area contributed by atoms with E-state index >= 15 is 0 Å². The molecule has 0 aliphatic rings. The van der Waals surface area contributed by atoms with Crippen LogP contribution in [0.3, 0.4) is 0 Å². The molecule has 3 aromatic rings. The van der Waals surface area contributed by atoms with Crippen LogP contribution in [0.4, 0.5) is 0 Å². The van der Waals surface area contributed by atoms with E-state index in [1.807, 2.05) is 42.5 Å². The van der Waals surface area contributed by atoms with Crippen LogP contribution in [0.5, 0.6) is 0 Å². The van der Waals surface area contributed by atoms with Gasteiger partial charge >= 0.3 is 0 Å². The molecule has 0 saturated heterocycles. The number of fused-ring (bicyclic) bond motifs is 1. The van der Waals surface area contributed by atoms with Crippen molar-refractivity contribution in [1.29, 1.82) is 0 Å². The predicted molar refractivity (Wildman–Crippen MR) is 84.6 cm³/mol. The van der Waals surface area contributed by atoms with Crippen molar-refractivity contribution in [1.82, 2.24) is 4.98 Å². The van der Waals surface area contributed by atoms with E-state index in [0.717, 1.165) is 16.1 Å². The molecule has 102 valence electrons. The number of benzene rings is 2. The van der Waals surface area contributed by atoms with Gasteiger partial charge in [0, 0.05) is 17.4 Å². The van der Waals surface area contributed by atoms with Crippen LogP contribution in [-0.4, -0.2) is 16.7 Å². The average molecular weight is 304 g/mol. The Balaban J connectivity index is 1.90. The van der Waals surface area contributed by atoms with Crippen LogP contribution < -0.4 is 0 Å². The van der Waals surface area contributed by atoms with Gasteiger partial charge < -0.3 is 5.11 Å². The summed E-state index contributed by atoms with van der Waals surface area (Å²) in [7, 11) is 0. The number of aliphatic hydroxyl groups is 1. The van der Waals surface area contributed by atoms with Crippen molar-refractivity contribution in [3.05, 3.63) is 64.1 Å². The van der Waals surface area contributed by atoms with Crippen LogP contribution >= 0.6 is 22.9 Å². The van der Waals surface area contributed by atoms with Crippen molar-refractivity contribution in [2.24, 2.45) is 0 Å². The summed E-state index contributed by atoms with van der Waals surface area (Å²) in [6, 6.07) is 15.8. The quantitative estimate of drug-likeness (QED) is 0.781. The van der Waals surface area contributed by atoms with E-state index < -0.39 is 0 Å². The number of thiazole rings is 1. The van der Waals surface area contributed by atoms with Crippen molar-refractivity contribution in [3.8, 4) is 0 Å². The van der Waals surface area contributed by atoms with Crippen molar-refractivity contribution >= 4 is 33.2 Å². The molecule has 0 aliphatic carbocycles. The van der Waals surface area contributed by atoms with E-state index in [0.29, 0.717) is 11.4 Å². The molecule has 0 amide bonds. The minimum absolute atomic E-state index is 0.00994. The van der Waals surface area contributed by atoms with E-state index in [1.165, 1.54) is 4.70 Å². The lowest BCUT2D eigenvalue weighted by molar-refractivity contribution is 0.264. The molecule has 0 fully saturated rings. The van der Waals surface area contributed by atoms with E-state index in [1.54, 1.807) is 11.3 Å². The molecular weight excluding hydrogens is 290 g/mol. The van der Waals surface area contributed by atoms with E-state index in [9.17, 15) is 5.11 Å². The molecule has 2 nitrogen and oxygen atoms in total. The maximum Gasteiger partial charge on any atom is 0.0945 e. The minimum Gasteiger partial charge on any atom is -0.396 e. The summed E-state index contributed by atoms with van der Waals surface area (Å²) < 4.78 is 1.18. The van der Waals surface area contributed by atoms with Crippen molar-refractivity contribution in [3.63, 3.8) is 0 Å². The van der Waals surface area contributed by atoms with Crippen molar-refractivity contribution in [2.75, 3.05) is 6.61 Å². The molecule has 0 saturated carbocycles. The van der Waals surface area contributed by atoms with E-state index in [-0.39, 0.29) is 12.5 Å². The number of hydrogen-bond donors (Lipinski definition) is 1. The lowest BCUT2D eigenvalue weighted by Gasteiger charge is -2.14. The average Bonchev–Trinajstić information content (AvgIpc) is 2.88. The molecule has 20 heavy (non-hydrogen) atoms. The predicted octanol–water partition coefficient (Wildman–Crippen LogP) is 4.27. The standard InChI is InChI=1S/C16H14ClNOS/c17-13-6-2-1-5-12(13)11(10-19)9-16-18-14-7-3-4-8-15(14)20-16/h1-8,11,19H,9-10H2. The van der Waals surface area contributed by atoms with Crippen LogP contribution in [-0.2, 0) is 6.42 Å².